The Hall–Kier alpha value is -0.860. The Morgan fingerprint density at radius 3 is 2.14 bits per heavy atom. The van der Waals surface area contributed by atoms with Gasteiger partial charge in [0.1, 0.15) is 0 Å². The van der Waals surface area contributed by atoms with E-state index in [0.29, 0.717) is 5.41 Å². The minimum Gasteiger partial charge on any atom is -0.387 e. The molecule has 2 fully saturated rings. The number of nitrogens with zero attached hydrogens (tertiary/aromatic N) is 1. The molecule has 0 aromatic heterocycles. The van der Waals surface area contributed by atoms with Crippen LogP contribution in [0.2, 0.25) is 0 Å². The van der Waals surface area contributed by atoms with Crippen LogP contribution in [0.15, 0.2) is 18.2 Å². The molecule has 1 unspecified atom stereocenters. The van der Waals surface area contributed by atoms with Crippen LogP contribution in [-0.4, -0.2) is 29.6 Å². The van der Waals surface area contributed by atoms with Gasteiger partial charge in [-0.2, -0.15) is 0 Å². The summed E-state index contributed by atoms with van der Waals surface area (Å²) < 4.78 is 0. The van der Waals surface area contributed by atoms with Gasteiger partial charge in [0.2, 0.25) is 0 Å². The van der Waals surface area contributed by atoms with Gasteiger partial charge in [-0.05, 0) is 63.6 Å². The first-order chi connectivity index (χ1) is 10.1. The molecule has 1 atom stereocenters. The maximum absolute atomic E-state index is 10.5. The van der Waals surface area contributed by atoms with Gasteiger partial charge in [0.25, 0.3) is 0 Å². The molecular weight excluding hydrogens is 258 g/mol. The number of aryl methyl sites for hydroxylation is 2. The Labute approximate surface area is 129 Å². The Balaban J connectivity index is 1.57. The van der Waals surface area contributed by atoms with Gasteiger partial charge in [-0.25, -0.2) is 0 Å². The normalized spacial score (nSPS) is 23.6. The standard InChI is InChI=1S/C19H29NO/c1-15-11-16(2)13-17(12-15)18(21)14-20-9-7-19(8-10-20)5-3-4-6-19/h11-13,18,21H,3-10,14H2,1-2H3. The maximum Gasteiger partial charge on any atom is 0.0917 e. The third-order valence-electron chi connectivity index (χ3n) is 5.64. The molecule has 1 N–H and O–H groups in total. The molecule has 0 bridgehead atoms. The van der Waals surface area contributed by atoms with Gasteiger partial charge >= 0.3 is 0 Å². The van der Waals surface area contributed by atoms with Crippen LogP contribution in [0.4, 0.5) is 0 Å². The Morgan fingerprint density at radius 2 is 1.57 bits per heavy atom. The Bertz CT molecular complexity index is 460. The molecule has 1 saturated carbocycles. The third kappa shape index (κ3) is 3.49. The first-order valence-corrected chi connectivity index (χ1v) is 8.55. The molecule has 0 amide bonds. The summed E-state index contributed by atoms with van der Waals surface area (Å²) in [5.74, 6) is 0. The van der Waals surface area contributed by atoms with E-state index in [0.717, 1.165) is 12.1 Å². The number of benzene rings is 1. The highest BCUT2D eigenvalue weighted by Crippen LogP contribution is 2.46. The summed E-state index contributed by atoms with van der Waals surface area (Å²) in [4.78, 5) is 2.46. The lowest BCUT2D eigenvalue weighted by Crippen LogP contribution is -2.40. The lowest BCUT2D eigenvalue weighted by atomic mass is 9.77. The molecule has 1 saturated heterocycles. The van der Waals surface area contributed by atoms with Crippen molar-refractivity contribution < 1.29 is 5.11 Å². The van der Waals surface area contributed by atoms with E-state index in [9.17, 15) is 5.11 Å². The van der Waals surface area contributed by atoms with Crippen LogP contribution in [0.25, 0.3) is 0 Å². The summed E-state index contributed by atoms with van der Waals surface area (Å²) in [6.07, 6.45) is 8.09. The largest absolute Gasteiger partial charge is 0.387 e. The van der Waals surface area contributed by atoms with Gasteiger partial charge in [-0.3, -0.25) is 0 Å². The number of aliphatic hydroxyl groups is 1. The summed E-state index contributed by atoms with van der Waals surface area (Å²) in [5, 5.41) is 10.5. The van der Waals surface area contributed by atoms with E-state index in [4.69, 9.17) is 0 Å². The highest BCUT2D eigenvalue weighted by atomic mass is 16.3. The minimum atomic E-state index is -0.346. The predicted octanol–water partition coefficient (Wildman–Crippen LogP) is 3.99. The number of piperidine rings is 1. The van der Waals surface area contributed by atoms with Crippen molar-refractivity contribution in [2.24, 2.45) is 5.41 Å². The average molecular weight is 287 g/mol. The summed E-state index contributed by atoms with van der Waals surface area (Å²) in [6, 6.07) is 6.42. The molecule has 2 heteroatoms. The molecule has 1 aromatic carbocycles. The van der Waals surface area contributed by atoms with Gasteiger partial charge in [0, 0.05) is 6.54 Å². The molecule has 1 heterocycles. The fourth-order valence-electron chi connectivity index (χ4n) is 4.39. The fourth-order valence-corrected chi connectivity index (χ4v) is 4.39. The summed E-state index contributed by atoms with van der Waals surface area (Å²) in [7, 11) is 0. The van der Waals surface area contributed by atoms with Gasteiger partial charge in [-0.1, -0.05) is 42.2 Å². The number of likely N-dealkylation sites (tertiary alicyclic amines) is 1. The molecule has 1 aliphatic carbocycles. The fraction of sp³-hybridized carbons (Fsp3) is 0.684. The van der Waals surface area contributed by atoms with Crippen molar-refractivity contribution in [3.8, 4) is 0 Å². The monoisotopic (exact) mass is 287 g/mol. The van der Waals surface area contributed by atoms with Gasteiger partial charge in [0.05, 0.1) is 6.10 Å². The maximum atomic E-state index is 10.5. The average Bonchev–Trinajstić information content (AvgIpc) is 2.89. The van der Waals surface area contributed by atoms with Crippen LogP contribution in [0.1, 0.15) is 61.3 Å². The van der Waals surface area contributed by atoms with Crippen LogP contribution in [0, 0.1) is 19.3 Å². The summed E-state index contributed by atoms with van der Waals surface area (Å²) in [6.45, 7) is 7.34. The molecule has 1 aromatic rings. The van der Waals surface area contributed by atoms with E-state index in [2.05, 4.69) is 36.9 Å². The second-order valence-corrected chi connectivity index (χ2v) is 7.44. The first kappa shape index (κ1) is 15.1. The molecule has 2 nitrogen and oxygen atoms in total. The predicted molar refractivity (Wildman–Crippen MR) is 87.5 cm³/mol. The highest BCUT2D eigenvalue weighted by Gasteiger charge is 2.37. The number of rotatable bonds is 3. The zero-order chi connectivity index (χ0) is 14.9. The molecular formula is C19H29NO. The highest BCUT2D eigenvalue weighted by molar-refractivity contribution is 5.30. The van der Waals surface area contributed by atoms with Crippen molar-refractivity contribution in [2.75, 3.05) is 19.6 Å². The van der Waals surface area contributed by atoms with Crippen molar-refractivity contribution in [3.05, 3.63) is 34.9 Å². The number of hydrogen-bond acceptors (Lipinski definition) is 2. The van der Waals surface area contributed by atoms with Gasteiger partial charge in [-0.15, -0.1) is 0 Å². The number of hydrogen-bond donors (Lipinski definition) is 1. The Kier molecular flexibility index (Phi) is 4.37. The van der Waals surface area contributed by atoms with Gasteiger partial charge in [0.15, 0.2) is 0 Å². The van der Waals surface area contributed by atoms with E-state index in [1.807, 2.05) is 0 Å². The number of β-amino-alcohol motifs (C(OH)–C–C–N with tert-alkyl or cyclic N) is 1. The Morgan fingerprint density at radius 1 is 1.00 bits per heavy atom. The van der Waals surface area contributed by atoms with Crippen LogP contribution < -0.4 is 0 Å². The molecule has 1 aliphatic heterocycles. The van der Waals surface area contributed by atoms with Crippen LogP contribution in [-0.2, 0) is 0 Å². The lowest BCUT2D eigenvalue weighted by Gasteiger charge is -2.40. The molecule has 21 heavy (non-hydrogen) atoms. The van der Waals surface area contributed by atoms with Crippen LogP contribution >= 0.6 is 0 Å². The second-order valence-electron chi connectivity index (χ2n) is 7.44. The quantitative estimate of drug-likeness (QED) is 0.908. The smallest absolute Gasteiger partial charge is 0.0917 e. The van der Waals surface area contributed by atoms with Crippen molar-refractivity contribution >= 4 is 0 Å². The summed E-state index contributed by atoms with van der Waals surface area (Å²) in [5.41, 5.74) is 4.23. The molecule has 0 radical (unpaired) electrons. The lowest BCUT2D eigenvalue weighted by molar-refractivity contribution is 0.0596. The van der Waals surface area contributed by atoms with E-state index >= 15 is 0 Å². The van der Waals surface area contributed by atoms with E-state index < -0.39 is 0 Å². The van der Waals surface area contributed by atoms with Crippen molar-refractivity contribution in [2.45, 2.75) is 58.5 Å². The first-order valence-electron chi connectivity index (χ1n) is 8.55. The molecule has 116 valence electrons. The van der Waals surface area contributed by atoms with E-state index in [-0.39, 0.29) is 6.10 Å². The van der Waals surface area contributed by atoms with Crippen molar-refractivity contribution in [1.29, 1.82) is 0 Å². The molecule has 3 rings (SSSR count). The minimum absolute atomic E-state index is 0.346. The van der Waals surface area contributed by atoms with Crippen molar-refractivity contribution in [1.82, 2.24) is 4.90 Å². The van der Waals surface area contributed by atoms with E-state index in [1.165, 1.54) is 62.7 Å². The van der Waals surface area contributed by atoms with Crippen LogP contribution in [0.5, 0.6) is 0 Å². The zero-order valence-corrected chi connectivity index (χ0v) is 13.6. The zero-order valence-electron chi connectivity index (χ0n) is 13.6. The SMILES string of the molecule is Cc1cc(C)cc(C(O)CN2CCC3(CCCC3)CC2)c1. The second kappa shape index (κ2) is 6.10. The molecule has 2 aliphatic rings. The van der Waals surface area contributed by atoms with Crippen LogP contribution in [0.3, 0.4) is 0 Å². The summed E-state index contributed by atoms with van der Waals surface area (Å²) >= 11 is 0. The van der Waals surface area contributed by atoms with Gasteiger partial charge < -0.3 is 10.0 Å². The van der Waals surface area contributed by atoms with Crippen molar-refractivity contribution in [3.63, 3.8) is 0 Å². The molecule has 1 spiro atoms. The topological polar surface area (TPSA) is 23.5 Å². The third-order valence-corrected chi connectivity index (χ3v) is 5.64. The van der Waals surface area contributed by atoms with E-state index in [1.54, 1.807) is 0 Å². The number of aliphatic hydroxyl groups excluding tert-OH is 1.